The second kappa shape index (κ2) is 7.82. The van der Waals surface area contributed by atoms with Crippen LogP contribution in [-0.4, -0.2) is 57.6 Å². The van der Waals surface area contributed by atoms with Crippen LogP contribution in [0.5, 0.6) is 0 Å². The zero-order chi connectivity index (χ0) is 21.4. The predicted octanol–water partition coefficient (Wildman–Crippen LogP) is 3.07. The zero-order valence-electron chi connectivity index (χ0n) is 17.6. The third kappa shape index (κ3) is 3.75. The Kier molecular flexibility index (Phi) is 5.20. The zero-order valence-corrected chi connectivity index (χ0v) is 17.6. The van der Waals surface area contributed by atoms with Crippen molar-refractivity contribution in [1.82, 2.24) is 14.5 Å². The van der Waals surface area contributed by atoms with Gasteiger partial charge in [-0.05, 0) is 43.7 Å². The number of carboxylic acids is 1. The molecule has 0 spiro atoms. The third-order valence-corrected chi connectivity index (χ3v) is 5.76. The van der Waals surface area contributed by atoms with Crippen molar-refractivity contribution in [2.45, 2.75) is 27.3 Å². The number of hydrogen-bond donors (Lipinski definition) is 1. The van der Waals surface area contributed by atoms with E-state index in [-0.39, 0.29) is 11.6 Å². The Morgan fingerprint density at radius 2 is 1.80 bits per heavy atom. The number of hydrogen-bond acceptors (Lipinski definition) is 4. The highest BCUT2D eigenvalue weighted by atomic mass is 16.4. The summed E-state index contributed by atoms with van der Waals surface area (Å²) < 4.78 is 1.84. The molecule has 7 heteroatoms. The van der Waals surface area contributed by atoms with Gasteiger partial charge in [-0.25, -0.2) is 4.79 Å². The number of benzene rings is 1. The minimum absolute atomic E-state index is 0.108. The van der Waals surface area contributed by atoms with E-state index in [1.807, 2.05) is 41.5 Å². The first-order valence-corrected chi connectivity index (χ1v) is 10.1. The molecule has 0 radical (unpaired) electrons. The van der Waals surface area contributed by atoms with Crippen LogP contribution < -0.4 is 4.90 Å². The maximum absolute atomic E-state index is 11.9. The van der Waals surface area contributed by atoms with E-state index in [1.165, 1.54) is 0 Å². The molecule has 2 aromatic heterocycles. The lowest BCUT2D eigenvalue weighted by Crippen LogP contribution is -2.48. The van der Waals surface area contributed by atoms with E-state index >= 15 is 0 Å². The van der Waals surface area contributed by atoms with Gasteiger partial charge >= 0.3 is 5.97 Å². The van der Waals surface area contributed by atoms with Crippen molar-refractivity contribution in [2.24, 2.45) is 0 Å². The Balaban J connectivity index is 1.65. The number of carboxylic acid groups (broad SMARTS) is 1. The molecule has 0 bridgehead atoms. The van der Waals surface area contributed by atoms with Crippen molar-refractivity contribution in [3.8, 4) is 0 Å². The smallest absolute Gasteiger partial charge is 0.352 e. The minimum atomic E-state index is -0.945. The molecule has 4 rings (SSSR count). The first-order chi connectivity index (χ1) is 14.3. The molecule has 0 atom stereocenters. The predicted molar refractivity (Wildman–Crippen MR) is 116 cm³/mol. The highest BCUT2D eigenvalue weighted by molar-refractivity contribution is 5.96. The van der Waals surface area contributed by atoms with Gasteiger partial charge in [-0.15, -0.1) is 0 Å². The number of aryl methyl sites for hydroxylation is 2. The molecule has 1 aliphatic heterocycles. The minimum Gasteiger partial charge on any atom is -0.477 e. The van der Waals surface area contributed by atoms with Gasteiger partial charge in [-0.2, -0.15) is 0 Å². The SMILES string of the molecule is CC(=O)N1CCN(c2ccnc(Cn3c(C(=O)O)cc4cc(C)cc(C)c43)c2)CC1. The Morgan fingerprint density at radius 1 is 1.07 bits per heavy atom. The lowest BCUT2D eigenvalue weighted by molar-refractivity contribution is -0.129. The van der Waals surface area contributed by atoms with Crippen molar-refractivity contribution < 1.29 is 14.7 Å². The van der Waals surface area contributed by atoms with Crippen LogP contribution in [0.3, 0.4) is 0 Å². The molecular formula is C23H26N4O3. The van der Waals surface area contributed by atoms with Crippen molar-refractivity contribution in [3.63, 3.8) is 0 Å². The monoisotopic (exact) mass is 406 g/mol. The Morgan fingerprint density at radius 3 is 2.47 bits per heavy atom. The van der Waals surface area contributed by atoms with E-state index in [9.17, 15) is 14.7 Å². The highest BCUT2D eigenvalue weighted by Crippen LogP contribution is 2.27. The van der Waals surface area contributed by atoms with Gasteiger partial charge in [-0.3, -0.25) is 9.78 Å². The summed E-state index contributed by atoms with van der Waals surface area (Å²) in [5.41, 5.74) is 5.21. The summed E-state index contributed by atoms with van der Waals surface area (Å²) in [5, 5.41) is 10.7. The number of pyridine rings is 1. The number of aromatic carboxylic acids is 1. The van der Waals surface area contributed by atoms with Gasteiger partial charge in [0.1, 0.15) is 5.69 Å². The normalized spacial score (nSPS) is 14.4. The van der Waals surface area contributed by atoms with Gasteiger partial charge in [0.2, 0.25) is 5.91 Å². The van der Waals surface area contributed by atoms with Gasteiger partial charge in [-0.1, -0.05) is 11.6 Å². The van der Waals surface area contributed by atoms with Crippen LogP contribution in [0.2, 0.25) is 0 Å². The van der Waals surface area contributed by atoms with Crippen molar-refractivity contribution in [1.29, 1.82) is 0 Å². The maximum Gasteiger partial charge on any atom is 0.352 e. The molecule has 30 heavy (non-hydrogen) atoms. The molecule has 3 heterocycles. The molecule has 7 nitrogen and oxygen atoms in total. The van der Waals surface area contributed by atoms with Gasteiger partial charge in [0.05, 0.1) is 17.8 Å². The maximum atomic E-state index is 11.9. The first-order valence-electron chi connectivity index (χ1n) is 10.1. The van der Waals surface area contributed by atoms with E-state index in [1.54, 1.807) is 19.2 Å². The average Bonchev–Trinajstić information content (AvgIpc) is 3.07. The van der Waals surface area contributed by atoms with E-state index in [2.05, 4.69) is 16.0 Å². The fourth-order valence-corrected chi connectivity index (χ4v) is 4.35. The van der Waals surface area contributed by atoms with E-state index in [4.69, 9.17) is 0 Å². The average molecular weight is 406 g/mol. The lowest BCUT2D eigenvalue weighted by atomic mass is 10.1. The number of carbonyl (C=O) groups is 2. The van der Waals surface area contributed by atoms with E-state index in [0.717, 1.165) is 46.5 Å². The molecule has 1 saturated heterocycles. The van der Waals surface area contributed by atoms with Crippen molar-refractivity contribution in [3.05, 3.63) is 59.0 Å². The summed E-state index contributed by atoms with van der Waals surface area (Å²) in [6.07, 6.45) is 1.77. The standard InChI is InChI=1S/C23H26N4O3/c1-15-10-16(2)22-18(11-15)12-21(23(29)30)27(22)14-19-13-20(4-5-24-19)26-8-6-25(7-9-26)17(3)28/h4-5,10-13H,6-9,14H2,1-3H3,(H,29,30). The van der Waals surface area contributed by atoms with Crippen LogP contribution in [-0.2, 0) is 11.3 Å². The number of nitrogens with zero attached hydrogens (tertiary/aromatic N) is 4. The first kappa shape index (κ1) is 19.9. The van der Waals surface area contributed by atoms with Gasteiger partial charge in [0.25, 0.3) is 0 Å². The van der Waals surface area contributed by atoms with Crippen LogP contribution in [0.15, 0.2) is 36.5 Å². The number of aromatic nitrogens is 2. The second-order valence-corrected chi connectivity index (χ2v) is 7.94. The van der Waals surface area contributed by atoms with Crippen LogP contribution in [0, 0.1) is 13.8 Å². The molecule has 0 unspecified atom stereocenters. The molecular weight excluding hydrogens is 380 g/mol. The fraction of sp³-hybridized carbons (Fsp3) is 0.348. The molecule has 1 aliphatic rings. The van der Waals surface area contributed by atoms with Crippen LogP contribution in [0.25, 0.3) is 10.9 Å². The fourth-order valence-electron chi connectivity index (χ4n) is 4.35. The number of carbonyl (C=O) groups excluding carboxylic acids is 1. The van der Waals surface area contributed by atoms with Crippen molar-refractivity contribution in [2.75, 3.05) is 31.1 Å². The quantitative estimate of drug-likeness (QED) is 0.720. The second-order valence-electron chi connectivity index (χ2n) is 7.94. The van der Waals surface area contributed by atoms with Gasteiger partial charge in [0.15, 0.2) is 0 Å². The summed E-state index contributed by atoms with van der Waals surface area (Å²) in [7, 11) is 0. The van der Waals surface area contributed by atoms with Crippen LogP contribution in [0.1, 0.15) is 34.2 Å². The summed E-state index contributed by atoms with van der Waals surface area (Å²) >= 11 is 0. The van der Waals surface area contributed by atoms with Gasteiger partial charge < -0.3 is 19.5 Å². The van der Waals surface area contributed by atoms with Crippen LogP contribution in [0.4, 0.5) is 5.69 Å². The number of piperazine rings is 1. The lowest BCUT2D eigenvalue weighted by Gasteiger charge is -2.35. The molecule has 0 aliphatic carbocycles. The largest absolute Gasteiger partial charge is 0.477 e. The summed E-state index contributed by atoms with van der Waals surface area (Å²) in [6, 6.07) is 9.81. The van der Waals surface area contributed by atoms with E-state index < -0.39 is 5.97 Å². The summed E-state index contributed by atoms with van der Waals surface area (Å²) in [5.74, 6) is -0.837. The third-order valence-electron chi connectivity index (χ3n) is 5.76. The topological polar surface area (TPSA) is 78.7 Å². The number of anilines is 1. The molecule has 1 fully saturated rings. The van der Waals surface area contributed by atoms with E-state index in [0.29, 0.717) is 19.6 Å². The van der Waals surface area contributed by atoms with Crippen molar-refractivity contribution >= 4 is 28.5 Å². The number of fused-ring (bicyclic) bond motifs is 1. The Bertz CT molecular complexity index is 1130. The highest BCUT2D eigenvalue weighted by Gasteiger charge is 2.20. The molecule has 1 aromatic carbocycles. The molecule has 0 saturated carbocycles. The Hall–Kier alpha value is -3.35. The molecule has 1 amide bonds. The molecule has 3 aromatic rings. The molecule has 156 valence electrons. The number of amides is 1. The number of rotatable bonds is 4. The van der Waals surface area contributed by atoms with Gasteiger partial charge in [0, 0.05) is 50.4 Å². The molecule has 1 N–H and O–H groups in total. The Labute approximate surface area is 175 Å². The summed E-state index contributed by atoms with van der Waals surface area (Å²) in [4.78, 5) is 32.1. The van der Waals surface area contributed by atoms with Crippen LogP contribution >= 0.6 is 0 Å². The summed E-state index contributed by atoms with van der Waals surface area (Å²) in [6.45, 7) is 8.97.